The van der Waals surface area contributed by atoms with E-state index in [0.717, 1.165) is 62.5 Å². The van der Waals surface area contributed by atoms with Crippen LogP contribution in [0.15, 0.2) is 41.5 Å². The predicted octanol–water partition coefficient (Wildman–Crippen LogP) is 0.379. The smallest absolute Gasteiger partial charge is 0.257 e. The second-order valence-electron chi connectivity index (χ2n) is 6.47. The van der Waals surface area contributed by atoms with Crippen molar-refractivity contribution < 1.29 is 14.9 Å². The number of anilines is 2. The summed E-state index contributed by atoms with van der Waals surface area (Å²) in [4.78, 5) is 13.9. The number of nitrogens with zero attached hydrogens (tertiary/aromatic N) is 5. The fraction of sp³-hybridized carbons (Fsp3) is 0.421. The van der Waals surface area contributed by atoms with Crippen LogP contribution in [0.1, 0.15) is 5.56 Å². The lowest BCUT2D eigenvalue weighted by molar-refractivity contribution is -0.580. The number of nitrogens with two attached hydrogens (primary N) is 1. The van der Waals surface area contributed by atoms with Crippen molar-refractivity contribution in [1.29, 1.82) is 0 Å². The number of ether oxygens (including phenoxy) is 2. The zero-order valence-corrected chi connectivity index (χ0v) is 15.3. The number of morpholine rings is 2. The third-order valence-corrected chi connectivity index (χ3v) is 4.58. The van der Waals surface area contributed by atoms with E-state index in [2.05, 4.69) is 14.9 Å². The first kappa shape index (κ1) is 17.8. The molecule has 0 radical (unpaired) electrons. The average Bonchev–Trinajstić information content (AvgIpc) is 2.76. The van der Waals surface area contributed by atoms with Gasteiger partial charge in [0.25, 0.3) is 5.82 Å². The monoisotopic (exact) mass is 369 g/mol. The van der Waals surface area contributed by atoms with E-state index >= 15 is 0 Å². The average molecular weight is 369 g/mol. The molecule has 0 aliphatic carbocycles. The Kier molecular flexibility index (Phi) is 5.88. The standard InChI is InChI=1S/C19H24N6O2/c1-2-4-16(5-3-1)15-20-23-17-14-18(24-6-10-26-11-7-24)22-19(21-17)25-8-12-27-13-9-25/h1-5,14-15H,6-13H2,(H,21,22,23)/p+1. The zero-order valence-electron chi connectivity index (χ0n) is 15.3. The molecule has 8 heteroatoms. The highest BCUT2D eigenvalue weighted by atomic mass is 16.5. The van der Waals surface area contributed by atoms with Crippen LogP contribution in [-0.2, 0) is 9.47 Å². The fourth-order valence-electron chi connectivity index (χ4n) is 3.10. The van der Waals surface area contributed by atoms with Crippen molar-refractivity contribution in [3.63, 3.8) is 0 Å². The molecule has 142 valence electrons. The minimum Gasteiger partial charge on any atom is -0.378 e. The molecule has 1 aromatic carbocycles. The topological polar surface area (TPSA) is 79.7 Å². The van der Waals surface area contributed by atoms with E-state index in [1.165, 1.54) is 0 Å². The van der Waals surface area contributed by atoms with Gasteiger partial charge in [0.2, 0.25) is 5.95 Å². The lowest BCUT2D eigenvalue weighted by Gasteiger charge is -2.30. The quantitative estimate of drug-likeness (QED) is 0.466. The van der Waals surface area contributed by atoms with Crippen LogP contribution in [0.4, 0.5) is 17.6 Å². The molecular formula is C19H25N6O2+. The highest BCUT2D eigenvalue weighted by Crippen LogP contribution is 2.20. The highest BCUT2D eigenvalue weighted by Gasteiger charge is 2.20. The summed E-state index contributed by atoms with van der Waals surface area (Å²) in [6.45, 7) is 6.15. The van der Waals surface area contributed by atoms with Gasteiger partial charge >= 0.3 is 0 Å². The Morgan fingerprint density at radius 1 is 0.889 bits per heavy atom. The van der Waals surface area contributed by atoms with Crippen LogP contribution in [0.2, 0.25) is 0 Å². The Morgan fingerprint density at radius 3 is 2.26 bits per heavy atom. The number of hydrogen-bond donors (Lipinski definition) is 1. The molecule has 2 aliphatic rings. The molecule has 0 bridgehead atoms. The number of quaternary nitrogens is 1. The van der Waals surface area contributed by atoms with E-state index in [-0.39, 0.29) is 0 Å². The molecular weight excluding hydrogens is 344 g/mol. The van der Waals surface area contributed by atoms with Crippen LogP contribution in [-0.4, -0.2) is 68.8 Å². The van der Waals surface area contributed by atoms with Crippen LogP contribution in [0.25, 0.3) is 0 Å². The molecule has 1 aromatic heterocycles. The summed E-state index contributed by atoms with van der Waals surface area (Å²) in [5.74, 6) is 2.47. The van der Waals surface area contributed by atoms with Gasteiger partial charge in [-0.05, 0) is 5.56 Å². The van der Waals surface area contributed by atoms with Crippen molar-refractivity contribution in [2.24, 2.45) is 5.10 Å². The van der Waals surface area contributed by atoms with E-state index in [4.69, 9.17) is 19.4 Å². The molecule has 0 unspecified atom stereocenters. The van der Waals surface area contributed by atoms with Gasteiger partial charge in [0.05, 0.1) is 38.7 Å². The van der Waals surface area contributed by atoms with Gasteiger partial charge in [-0.3, -0.25) is 0 Å². The SMILES string of the molecule is C(=N[NH2+]c1cc(N2CCOCC2)nc(N2CCOCC2)n1)c1ccccc1. The van der Waals surface area contributed by atoms with E-state index in [1.807, 2.05) is 42.6 Å². The second kappa shape index (κ2) is 8.90. The van der Waals surface area contributed by atoms with Crippen LogP contribution in [0.5, 0.6) is 0 Å². The Hall–Kier alpha value is -2.55. The molecule has 3 heterocycles. The van der Waals surface area contributed by atoms with Crippen LogP contribution >= 0.6 is 0 Å². The molecule has 2 aromatic rings. The maximum Gasteiger partial charge on any atom is 0.257 e. The molecule has 4 rings (SSSR count). The molecule has 0 saturated carbocycles. The van der Waals surface area contributed by atoms with Crippen molar-refractivity contribution in [1.82, 2.24) is 9.97 Å². The highest BCUT2D eigenvalue weighted by molar-refractivity contribution is 5.78. The summed E-state index contributed by atoms with van der Waals surface area (Å²) in [6.07, 6.45) is 1.84. The first-order valence-electron chi connectivity index (χ1n) is 9.34. The molecule has 8 nitrogen and oxygen atoms in total. The molecule has 27 heavy (non-hydrogen) atoms. The molecule has 2 fully saturated rings. The number of benzene rings is 1. The number of aromatic nitrogens is 2. The summed E-state index contributed by atoms with van der Waals surface area (Å²) < 4.78 is 10.9. The van der Waals surface area contributed by atoms with E-state index < -0.39 is 0 Å². The van der Waals surface area contributed by atoms with Gasteiger partial charge in [-0.15, -0.1) is 0 Å². The second-order valence-corrected chi connectivity index (χ2v) is 6.47. The largest absolute Gasteiger partial charge is 0.378 e. The first-order valence-corrected chi connectivity index (χ1v) is 9.34. The molecule has 0 amide bonds. The van der Waals surface area contributed by atoms with E-state index in [0.29, 0.717) is 13.2 Å². The lowest BCUT2D eigenvalue weighted by Crippen LogP contribution is -2.71. The maximum absolute atomic E-state index is 5.47. The normalized spacial score (nSPS) is 18.2. The summed E-state index contributed by atoms with van der Waals surface area (Å²) in [5, 5.41) is 4.46. The predicted molar refractivity (Wildman–Crippen MR) is 104 cm³/mol. The van der Waals surface area contributed by atoms with Gasteiger partial charge in [-0.2, -0.15) is 15.4 Å². The molecule has 2 saturated heterocycles. The van der Waals surface area contributed by atoms with Crippen LogP contribution in [0.3, 0.4) is 0 Å². The summed E-state index contributed by atoms with van der Waals surface area (Å²) >= 11 is 0. The summed E-state index contributed by atoms with van der Waals surface area (Å²) in [7, 11) is 0. The Balaban J connectivity index is 1.55. The zero-order chi connectivity index (χ0) is 18.3. The molecule has 0 atom stereocenters. The Morgan fingerprint density at radius 2 is 1.56 bits per heavy atom. The minimum absolute atomic E-state index is 0.705. The van der Waals surface area contributed by atoms with Gasteiger partial charge < -0.3 is 19.3 Å². The van der Waals surface area contributed by atoms with Gasteiger partial charge in [-0.25, -0.2) is 0 Å². The van der Waals surface area contributed by atoms with Crippen molar-refractivity contribution in [2.45, 2.75) is 0 Å². The first-order chi connectivity index (χ1) is 13.4. The van der Waals surface area contributed by atoms with Crippen molar-refractivity contribution in [3.8, 4) is 0 Å². The minimum atomic E-state index is 0.705. The molecule has 2 N–H and O–H groups in total. The Bertz CT molecular complexity index is 722. The van der Waals surface area contributed by atoms with Crippen LogP contribution in [0, 0.1) is 0 Å². The van der Waals surface area contributed by atoms with Crippen molar-refractivity contribution >= 4 is 23.8 Å². The molecule has 0 spiro atoms. The van der Waals surface area contributed by atoms with Crippen LogP contribution < -0.4 is 15.2 Å². The van der Waals surface area contributed by atoms with Gasteiger partial charge in [-0.1, -0.05) is 35.4 Å². The maximum atomic E-state index is 5.47. The van der Waals surface area contributed by atoms with E-state index in [1.54, 1.807) is 5.43 Å². The lowest BCUT2D eigenvalue weighted by atomic mass is 10.2. The molecule has 2 aliphatic heterocycles. The van der Waals surface area contributed by atoms with Crippen molar-refractivity contribution in [3.05, 3.63) is 42.0 Å². The number of hydrogen-bond acceptors (Lipinski definition) is 7. The fourth-order valence-corrected chi connectivity index (χ4v) is 3.10. The number of rotatable bonds is 5. The van der Waals surface area contributed by atoms with Gasteiger partial charge in [0, 0.05) is 26.2 Å². The summed E-state index contributed by atoms with van der Waals surface area (Å²) in [6, 6.07) is 12.0. The van der Waals surface area contributed by atoms with Crippen molar-refractivity contribution in [2.75, 3.05) is 62.4 Å². The summed E-state index contributed by atoms with van der Waals surface area (Å²) in [5.41, 5.74) is 2.85. The third kappa shape index (κ3) is 4.79. The Labute approximate surface area is 158 Å². The third-order valence-electron chi connectivity index (χ3n) is 4.58. The van der Waals surface area contributed by atoms with E-state index in [9.17, 15) is 0 Å². The van der Waals surface area contributed by atoms with Gasteiger partial charge in [0.1, 0.15) is 5.82 Å². The van der Waals surface area contributed by atoms with Gasteiger partial charge in [0.15, 0.2) is 0 Å².